The lowest BCUT2D eigenvalue weighted by Crippen LogP contribution is -2.38. The standard InChI is InChI=1S/C10H18N4O/c1-3-7(2)14-5-4-8(13-14)6-9(11)10(12)15/h4-5,7,9H,3,6,11H2,1-2H3,(H2,12,15). The molecule has 1 rings (SSSR count). The molecular weight excluding hydrogens is 192 g/mol. The number of primary amides is 1. The van der Waals surface area contributed by atoms with Crippen molar-refractivity contribution in [1.82, 2.24) is 9.78 Å². The first-order valence-electron chi connectivity index (χ1n) is 5.13. The van der Waals surface area contributed by atoms with E-state index < -0.39 is 11.9 Å². The number of hydrogen-bond donors (Lipinski definition) is 2. The van der Waals surface area contributed by atoms with Crippen LogP contribution in [0.3, 0.4) is 0 Å². The predicted octanol–water partition coefficient (Wildman–Crippen LogP) is 0.209. The highest BCUT2D eigenvalue weighted by Crippen LogP contribution is 2.09. The summed E-state index contributed by atoms with van der Waals surface area (Å²) in [5, 5.41) is 4.33. The Morgan fingerprint density at radius 2 is 2.33 bits per heavy atom. The van der Waals surface area contributed by atoms with Crippen LogP contribution in [0.25, 0.3) is 0 Å². The van der Waals surface area contributed by atoms with Crippen LogP contribution in [0.2, 0.25) is 0 Å². The smallest absolute Gasteiger partial charge is 0.234 e. The summed E-state index contributed by atoms with van der Waals surface area (Å²) in [6, 6.07) is 1.59. The van der Waals surface area contributed by atoms with Crippen molar-refractivity contribution in [2.24, 2.45) is 11.5 Å². The van der Waals surface area contributed by atoms with Crippen molar-refractivity contribution in [3.63, 3.8) is 0 Å². The normalized spacial score (nSPS) is 14.9. The van der Waals surface area contributed by atoms with Gasteiger partial charge in [0.1, 0.15) is 0 Å². The maximum Gasteiger partial charge on any atom is 0.234 e. The van der Waals surface area contributed by atoms with Crippen molar-refractivity contribution in [3.05, 3.63) is 18.0 Å². The summed E-state index contributed by atoms with van der Waals surface area (Å²) in [7, 11) is 0. The summed E-state index contributed by atoms with van der Waals surface area (Å²) in [6.07, 6.45) is 3.32. The van der Waals surface area contributed by atoms with Crippen molar-refractivity contribution < 1.29 is 4.79 Å². The maximum atomic E-state index is 10.8. The van der Waals surface area contributed by atoms with Crippen molar-refractivity contribution in [2.75, 3.05) is 0 Å². The molecule has 0 bridgehead atoms. The van der Waals surface area contributed by atoms with Crippen LogP contribution < -0.4 is 11.5 Å². The fourth-order valence-electron chi connectivity index (χ4n) is 1.24. The molecule has 1 amide bonds. The highest BCUT2D eigenvalue weighted by molar-refractivity contribution is 5.79. The summed E-state index contributed by atoms with van der Waals surface area (Å²) in [6.45, 7) is 4.19. The second-order valence-corrected chi connectivity index (χ2v) is 3.76. The topological polar surface area (TPSA) is 86.9 Å². The van der Waals surface area contributed by atoms with Crippen LogP contribution in [-0.4, -0.2) is 21.7 Å². The molecule has 0 saturated carbocycles. The van der Waals surface area contributed by atoms with E-state index in [-0.39, 0.29) is 0 Å². The minimum absolute atomic E-state index is 0.364. The van der Waals surface area contributed by atoms with Gasteiger partial charge in [0.15, 0.2) is 0 Å². The Morgan fingerprint density at radius 1 is 1.67 bits per heavy atom. The summed E-state index contributed by atoms with van der Waals surface area (Å²) in [5.41, 5.74) is 11.4. The van der Waals surface area contributed by atoms with Crippen molar-refractivity contribution in [1.29, 1.82) is 0 Å². The van der Waals surface area contributed by atoms with Crippen LogP contribution in [-0.2, 0) is 11.2 Å². The summed E-state index contributed by atoms with van der Waals surface area (Å²) in [5.74, 6) is -0.493. The fraction of sp³-hybridized carbons (Fsp3) is 0.600. The average molecular weight is 210 g/mol. The van der Waals surface area contributed by atoms with Crippen LogP contribution in [0.15, 0.2) is 12.3 Å². The van der Waals surface area contributed by atoms with Crippen LogP contribution in [0.4, 0.5) is 0 Å². The molecule has 1 heterocycles. The van der Waals surface area contributed by atoms with E-state index in [9.17, 15) is 4.79 Å². The monoisotopic (exact) mass is 210 g/mol. The third-order valence-electron chi connectivity index (χ3n) is 2.50. The summed E-state index contributed by atoms with van der Waals surface area (Å²) in [4.78, 5) is 10.8. The molecule has 0 saturated heterocycles. The molecule has 1 aromatic rings. The molecule has 0 fully saturated rings. The van der Waals surface area contributed by atoms with E-state index in [0.717, 1.165) is 12.1 Å². The molecule has 2 unspecified atom stereocenters. The Morgan fingerprint density at radius 3 is 2.87 bits per heavy atom. The SMILES string of the molecule is CCC(C)n1ccc(CC(N)C(N)=O)n1. The zero-order valence-corrected chi connectivity index (χ0v) is 9.18. The summed E-state index contributed by atoms with van der Waals surface area (Å²) >= 11 is 0. The van der Waals surface area contributed by atoms with Crippen LogP contribution in [0.1, 0.15) is 32.0 Å². The van der Waals surface area contributed by atoms with Gasteiger partial charge in [-0.15, -0.1) is 0 Å². The molecule has 0 aliphatic heterocycles. The van der Waals surface area contributed by atoms with Gasteiger partial charge in [0.2, 0.25) is 5.91 Å². The number of nitrogens with zero attached hydrogens (tertiary/aromatic N) is 2. The lowest BCUT2D eigenvalue weighted by atomic mass is 10.1. The van der Waals surface area contributed by atoms with Gasteiger partial charge >= 0.3 is 0 Å². The zero-order chi connectivity index (χ0) is 11.4. The first kappa shape index (κ1) is 11.7. The third kappa shape index (κ3) is 3.06. The van der Waals surface area contributed by atoms with Crippen LogP contribution in [0.5, 0.6) is 0 Å². The predicted molar refractivity (Wildman–Crippen MR) is 58.1 cm³/mol. The molecule has 5 heteroatoms. The van der Waals surface area contributed by atoms with Gasteiger partial charge in [0.05, 0.1) is 11.7 Å². The Bertz CT molecular complexity index is 334. The number of carbonyl (C=O) groups excluding carboxylic acids is 1. The molecule has 0 spiro atoms. The molecule has 0 aliphatic rings. The fourth-order valence-corrected chi connectivity index (χ4v) is 1.24. The highest BCUT2D eigenvalue weighted by Gasteiger charge is 2.12. The first-order chi connectivity index (χ1) is 7.04. The van der Waals surface area contributed by atoms with Gasteiger partial charge in [0.25, 0.3) is 0 Å². The van der Waals surface area contributed by atoms with Crippen LogP contribution in [0, 0.1) is 0 Å². The van der Waals surface area contributed by atoms with E-state index in [0.29, 0.717) is 12.5 Å². The zero-order valence-electron chi connectivity index (χ0n) is 9.18. The lowest BCUT2D eigenvalue weighted by molar-refractivity contribution is -0.119. The van der Waals surface area contributed by atoms with Gasteiger partial charge in [-0.25, -0.2) is 0 Å². The largest absolute Gasteiger partial charge is 0.368 e. The molecule has 4 N–H and O–H groups in total. The molecule has 0 aliphatic carbocycles. The van der Waals surface area contributed by atoms with Gasteiger partial charge in [0, 0.05) is 18.7 Å². The second-order valence-electron chi connectivity index (χ2n) is 3.76. The molecule has 84 valence electrons. The van der Waals surface area contributed by atoms with Crippen molar-refractivity contribution >= 4 is 5.91 Å². The van der Waals surface area contributed by atoms with E-state index in [4.69, 9.17) is 11.5 Å². The lowest BCUT2D eigenvalue weighted by Gasteiger charge is -2.08. The Hall–Kier alpha value is -1.36. The van der Waals surface area contributed by atoms with Gasteiger partial charge in [-0.05, 0) is 19.4 Å². The average Bonchev–Trinajstić information content (AvgIpc) is 2.65. The summed E-state index contributed by atoms with van der Waals surface area (Å²) < 4.78 is 1.88. The van der Waals surface area contributed by atoms with E-state index in [1.807, 2.05) is 16.9 Å². The number of aromatic nitrogens is 2. The van der Waals surface area contributed by atoms with E-state index >= 15 is 0 Å². The van der Waals surface area contributed by atoms with Crippen molar-refractivity contribution in [3.8, 4) is 0 Å². The minimum atomic E-state index is -0.648. The Labute approximate surface area is 89.4 Å². The maximum absolute atomic E-state index is 10.8. The Balaban J connectivity index is 2.64. The highest BCUT2D eigenvalue weighted by atomic mass is 16.1. The molecule has 0 radical (unpaired) electrons. The molecular formula is C10H18N4O. The second kappa shape index (κ2) is 4.93. The molecule has 0 aromatic carbocycles. The van der Waals surface area contributed by atoms with Gasteiger partial charge in [-0.1, -0.05) is 6.92 Å². The molecule has 15 heavy (non-hydrogen) atoms. The number of nitrogens with two attached hydrogens (primary N) is 2. The minimum Gasteiger partial charge on any atom is -0.368 e. The van der Waals surface area contributed by atoms with E-state index in [2.05, 4.69) is 18.9 Å². The third-order valence-corrected chi connectivity index (χ3v) is 2.50. The van der Waals surface area contributed by atoms with Gasteiger partial charge < -0.3 is 11.5 Å². The van der Waals surface area contributed by atoms with Gasteiger partial charge in [-0.3, -0.25) is 9.48 Å². The molecule has 2 atom stereocenters. The number of carbonyl (C=O) groups is 1. The quantitative estimate of drug-likeness (QED) is 0.728. The number of amides is 1. The van der Waals surface area contributed by atoms with E-state index in [1.54, 1.807) is 0 Å². The Kier molecular flexibility index (Phi) is 3.85. The van der Waals surface area contributed by atoms with Gasteiger partial charge in [-0.2, -0.15) is 5.10 Å². The number of hydrogen-bond acceptors (Lipinski definition) is 3. The first-order valence-corrected chi connectivity index (χ1v) is 5.13. The van der Waals surface area contributed by atoms with E-state index in [1.165, 1.54) is 0 Å². The van der Waals surface area contributed by atoms with Crippen LogP contribution >= 0.6 is 0 Å². The molecule has 5 nitrogen and oxygen atoms in total. The number of rotatable bonds is 5. The van der Waals surface area contributed by atoms with Crippen molar-refractivity contribution in [2.45, 2.75) is 38.8 Å². The molecule has 1 aromatic heterocycles.